The third-order valence-corrected chi connectivity index (χ3v) is 2.94. The van der Waals surface area contributed by atoms with Crippen molar-refractivity contribution in [3.05, 3.63) is 0 Å². The summed E-state index contributed by atoms with van der Waals surface area (Å²) < 4.78 is 0. The van der Waals surface area contributed by atoms with Crippen LogP contribution in [0.25, 0.3) is 0 Å². The van der Waals surface area contributed by atoms with Crippen molar-refractivity contribution in [2.24, 2.45) is 5.73 Å². The third kappa shape index (κ3) is 5.14. The fourth-order valence-corrected chi connectivity index (χ4v) is 1.86. The summed E-state index contributed by atoms with van der Waals surface area (Å²) in [5.74, 6) is -0.922. The fourth-order valence-electron chi connectivity index (χ4n) is 1.86. The number of carbonyl (C=O) groups excluding carboxylic acids is 1. The smallest absolute Gasteiger partial charge is 0.320 e. The molecule has 0 bridgehead atoms. The number of hydrogen-bond acceptors (Lipinski definition) is 4. The van der Waals surface area contributed by atoms with E-state index < -0.39 is 12.0 Å². The molecular weight excluding hydrogens is 222 g/mol. The van der Waals surface area contributed by atoms with E-state index in [0.717, 1.165) is 25.8 Å². The number of amides is 1. The number of nitrogens with one attached hydrogen (secondary N) is 2. The quantitative estimate of drug-likeness (QED) is 0.449. The molecule has 0 aromatic rings. The van der Waals surface area contributed by atoms with Crippen LogP contribution in [-0.4, -0.2) is 42.2 Å². The van der Waals surface area contributed by atoms with Crippen LogP contribution in [0.5, 0.6) is 0 Å². The highest BCUT2D eigenvalue weighted by Crippen LogP contribution is 2.04. The van der Waals surface area contributed by atoms with Gasteiger partial charge in [0.2, 0.25) is 5.91 Å². The van der Waals surface area contributed by atoms with Crippen LogP contribution in [0, 0.1) is 0 Å². The second-order valence-corrected chi connectivity index (χ2v) is 4.38. The van der Waals surface area contributed by atoms with Gasteiger partial charge in [-0.2, -0.15) is 0 Å². The summed E-state index contributed by atoms with van der Waals surface area (Å²) in [6.07, 6.45) is 3.87. The minimum atomic E-state index is -0.968. The number of carboxylic acid groups (broad SMARTS) is 1. The average molecular weight is 243 g/mol. The third-order valence-electron chi connectivity index (χ3n) is 2.94. The van der Waals surface area contributed by atoms with Crippen molar-refractivity contribution >= 4 is 11.9 Å². The molecule has 0 aromatic carbocycles. The van der Waals surface area contributed by atoms with Gasteiger partial charge in [0, 0.05) is 6.54 Å². The summed E-state index contributed by atoms with van der Waals surface area (Å²) in [5, 5.41) is 14.5. The maximum absolute atomic E-state index is 11.6. The van der Waals surface area contributed by atoms with Crippen molar-refractivity contribution in [2.75, 3.05) is 13.1 Å². The predicted octanol–water partition coefficient (Wildman–Crippen LogP) is -0.563. The van der Waals surface area contributed by atoms with Gasteiger partial charge >= 0.3 is 5.97 Å². The lowest BCUT2D eigenvalue weighted by Gasteiger charge is -2.11. The predicted molar refractivity (Wildman–Crippen MR) is 63.5 cm³/mol. The van der Waals surface area contributed by atoms with Crippen LogP contribution in [0.2, 0.25) is 0 Å². The molecule has 6 nitrogen and oxygen atoms in total. The Kier molecular flexibility index (Phi) is 5.93. The Hall–Kier alpha value is -1.14. The lowest BCUT2D eigenvalue weighted by atomic mass is 10.1. The van der Waals surface area contributed by atoms with Crippen LogP contribution >= 0.6 is 0 Å². The minimum Gasteiger partial charge on any atom is -0.480 e. The van der Waals surface area contributed by atoms with E-state index in [9.17, 15) is 9.59 Å². The highest BCUT2D eigenvalue weighted by molar-refractivity contribution is 5.81. The van der Waals surface area contributed by atoms with Gasteiger partial charge in [-0.15, -0.1) is 0 Å². The Balaban J connectivity index is 2.00. The van der Waals surface area contributed by atoms with Crippen molar-refractivity contribution in [3.63, 3.8) is 0 Å². The number of aliphatic carboxylic acids is 1. The van der Waals surface area contributed by atoms with Crippen LogP contribution in [0.1, 0.15) is 32.1 Å². The van der Waals surface area contributed by atoms with Gasteiger partial charge in [-0.05, 0) is 38.6 Å². The highest BCUT2D eigenvalue weighted by Gasteiger charge is 2.21. The molecule has 17 heavy (non-hydrogen) atoms. The van der Waals surface area contributed by atoms with Crippen LogP contribution < -0.4 is 16.4 Å². The number of carbonyl (C=O) groups is 2. The molecule has 0 spiro atoms. The summed E-state index contributed by atoms with van der Waals surface area (Å²) in [4.78, 5) is 22.0. The molecule has 98 valence electrons. The molecule has 1 rings (SSSR count). The summed E-state index contributed by atoms with van der Waals surface area (Å²) in [7, 11) is 0. The van der Waals surface area contributed by atoms with E-state index in [-0.39, 0.29) is 11.9 Å². The van der Waals surface area contributed by atoms with Gasteiger partial charge in [-0.3, -0.25) is 9.59 Å². The first kappa shape index (κ1) is 13.9. The molecule has 1 unspecified atom stereocenters. The lowest BCUT2D eigenvalue weighted by Crippen LogP contribution is -2.40. The number of nitrogens with two attached hydrogens (primary N) is 1. The molecule has 1 fully saturated rings. The molecule has 1 aliphatic heterocycles. The zero-order valence-electron chi connectivity index (χ0n) is 9.95. The Morgan fingerprint density at radius 3 is 2.82 bits per heavy atom. The molecule has 1 amide bonds. The van der Waals surface area contributed by atoms with Crippen molar-refractivity contribution < 1.29 is 14.7 Å². The standard InChI is InChI=1S/C11H21N3O3/c12-8(11(16)17)4-1-2-6-14-10(15)9-5-3-7-13-9/h8-9,13H,1-7,12H2,(H,14,15)(H,16,17)/t8?,9-/m0/s1. The first-order valence-electron chi connectivity index (χ1n) is 6.10. The van der Waals surface area contributed by atoms with E-state index in [1.54, 1.807) is 0 Å². The highest BCUT2D eigenvalue weighted by atomic mass is 16.4. The second-order valence-electron chi connectivity index (χ2n) is 4.38. The maximum Gasteiger partial charge on any atom is 0.320 e. The molecule has 6 heteroatoms. The molecule has 1 heterocycles. The van der Waals surface area contributed by atoms with Crippen molar-refractivity contribution in [1.82, 2.24) is 10.6 Å². The van der Waals surface area contributed by atoms with E-state index in [0.29, 0.717) is 19.4 Å². The Bertz CT molecular complexity index is 265. The molecule has 5 N–H and O–H groups in total. The Morgan fingerprint density at radius 2 is 2.24 bits per heavy atom. The van der Waals surface area contributed by atoms with Gasteiger partial charge in [0.1, 0.15) is 6.04 Å². The summed E-state index contributed by atoms with van der Waals surface area (Å²) >= 11 is 0. The van der Waals surface area contributed by atoms with Gasteiger partial charge in [-0.1, -0.05) is 0 Å². The molecular formula is C11H21N3O3. The normalized spacial score (nSPS) is 21.1. The maximum atomic E-state index is 11.6. The topological polar surface area (TPSA) is 104 Å². The molecule has 0 radical (unpaired) electrons. The van der Waals surface area contributed by atoms with E-state index in [4.69, 9.17) is 10.8 Å². The van der Waals surface area contributed by atoms with Crippen molar-refractivity contribution in [3.8, 4) is 0 Å². The van der Waals surface area contributed by atoms with E-state index in [1.807, 2.05) is 0 Å². The minimum absolute atomic E-state index is 0.0451. The molecule has 1 aliphatic rings. The molecule has 0 aromatic heterocycles. The molecule has 0 saturated carbocycles. The largest absolute Gasteiger partial charge is 0.480 e. The van der Waals surface area contributed by atoms with Crippen molar-refractivity contribution in [1.29, 1.82) is 0 Å². The first-order valence-corrected chi connectivity index (χ1v) is 6.10. The van der Waals surface area contributed by atoms with Crippen LogP contribution in [0.4, 0.5) is 0 Å². The Labute approximate surface area is 101 Å². The van der Waals surface area contributed by atoms with Crippen molar-refractivity contribution in [2.45, 2.75) is 44.2 Å². The fraction of sp³-hybridized carbons (Fsp3) is 0.818. The van der Waals surface area contributed by atoms with E-state index in [1.165, 1.54) is 0 Å². The van der Waals surface area contributed by atoms with Gasteiger partial charge < -0.3 is 21.5 Å². The second kappa shape index (κ2) is 7.24. The molecule has 1 saturated heterocycles. The number of unbranched alkanes of at least 4 members (excludes halogenated alkanes) is 1. The van der Waals surface area contributed by atoms with Gasteiger partial charge in [0.05, 0.1) is 6.04 Å². The lowest BCUT2D eigenvalue weighted by molar-refractivity contribution is -0.138. The van der Waals surface area contributed by atoms with E-state index in [2.05, 4.69) is 10.6 Å². The number of hydrogen-bond donors (Lipinski definition) is 4. The zero-order chi connectivity index (χ0) is 12.7. The molecule has 2 atom stereocenters. The monoisotopic (exact) mass is 243 g/mol. The number of carboxylic acids is 1. The van der Waals surface area contributed by atoms with Crippen LogP contribution in [0.3, 0.4) is 0 Å². The summed E-state index contributed by atoms with van der Waals surface area (Å²) in [6.45, 7) is 1.49. The summed E-state index contributed by atoms with van der Waals surface area (Å²) in [5.41, 5.74) is 5.36. The number of rotatable bonds is 7. The Morgan fingerprint density at radius 1 is 1.47 bits per heavy atom. The van der Waals surface area contributed by atoms with Crippen LogP contribution in [0.15, 0.2) is 0 Å². The first-order chi connectivity index (χ1) is 8.11. The van der Waals surface area contributed by atoms with Crippen LogP contribution in [-0.2, 0) is 9.59 Å². The van der Waals surface area contributed by atoms with E-state index >= 15 is 0 Å². The average Bonchev–Trinajstić information content (AvgIpc) is 2.81. The zero-order valence-corrected chi connectivity index (χ0v) is 9.95. The summed E-state index contributed by atoms with van der Waals surface area (Å²) in [6, 6.07) is -0.835. The van der Waals surface area contributed by atoms with Gasteiger partial charge in [-0.25, -0.2) is 0 Å². The molecule has 0 aliphatic carbocycles. The SMILES string of the molecule is NC(CCCCNC(=O)[C@@H]1CCCN1)C(=O)O. The van der Waals surface area contributed by atoms with Gasteiger partial charge in [0.25, 0.3) is 0 Å². The van der Waals surface area contributed by atoms with Gasteiger partial charge in [0.15, 0.2) is 0 Å².